The largest absolute Gasteiger partial charge is 0.399 e. The average Bonchev–Trinajstić information content (AvgIpc) is 2.16. The fraction of sp³-hybridized carbons (Fsp3) is 0.417. The van der Waals surface area contributed by atoms with Crippen molar-refractivity contribution in [2.24, 2.45) is 0 Å². The molecule has 4 N–H and O–H groups in total. The minimum Gasteiger partial charge on any atom is -0.399 e. The summed E-state index contributed by atoms with van der Waals surface area (Å²) in [5.41, 5.74) is 8.58. The summed E-state index contributed by atoms with van der Waals surface area (Å²) in [6, 6.07) is 5.32. The van der Waals surface area contributed by atoms with Gasteiger partial charge in [0.25, 0.3) is 0 Å². The van der Waals surface area contributed by atoms with Gasteiger partial charge in [-0.05, 0) is 42.7 Å². The lowest BCUT2D eigenvalue weighted by Gasteiger charge is -2.20. The minimum absolute atomic E-state index is 0.0928. The molecule has 0 bridgehead atoms. The van der Waals surface area contributed by atoms with Crippen LogP contribution in [0.5, 0.6) is 0 Å². The number of rotatable bonds is 3. The van der Waals surface area contributed by atoms with Gasteiger partial charge in [-0.1, -0.05) is 0 Å². The molecule has 4 nitrogen and oxygen atoms in total. The Labute approximate surface area is 94.9 Å². The van der Waals surface area contributed by atoms with E-state index in [0.29, 0.717) is 11.3 Å². The molecule has 1 aromatic carbocycles. The Hall–Kier alpha value is -1.57. The van der Waals surface area contributed by atoms with E-state index in [9.17, 15) is 10.2 Å². The SMILES string of the molecule is Cc1cc(N)cc(C)c1C(O)C(O)CC#N. The van der Waals surface area contributed by atoms with Gasteiger partial charge in [-0.15, -0.1) is 0 Å². The Kier molecular flexibility index (Phi) is 3.88. The van der Waals surface area contributed by atoms with Gasteiger partial charge < -0.3 is 15.9 Å². The second-order valence-corrected chi connectivity index (χ2v) is 3.94. The summed E-state index contributed by atoms with van der Waals surface area (Å²) < 4.78 is 0. The van der Waals surface area contributed by atoms with Gasteiger partial charge in [-0.3, -0.25) is 0 Å². The van der Waals surface area contributed by atoms with Gasteiger partial charge in [0.05, 0.1) is 18.6 Å². The molecule has 0 aliphatic rings. The second kappa shape index (κ2) is 4.97. The molecular formula is C12H16N2O2. The van der Waals surface area contributed by atoms with E-state index in [-0.39, 0.29) is 6.42 Å². The lowest BCUT2D eigenvalue weighted by atomic mass is 9.93. The number of benzene rings is 1. The predicted octanol–water partition coefficient (Wildman–Crippen LogP) is 1.19. The molecule has 86 valence electrons. The van der Waals surface area contributed by atoms with Crippen LogP contribution in [0.3, 0.4) is 0 Å². The number of nitrogens with two attached hydrogens (primary N) is 1. The number of aliphatic hydroxyl groups excluding tert-OH is 2. The van der Waals surface area contributed by atoms with E-state index < -0.39 is 12.2 Å². The minimum atomic E-state index is -1.06. The quantitative estimate of drug-likeness (QED) is 0.667. The van der Waals surface area contributed by atoms with Crippen LogP contribution in [0.2, 0.25) is 0 Å². The van der Waals surface area contributed by atoms with Crippen molar-refractivity contribution in [2.45, 2.75) is 32.5 Å². The number of nitriles is 1. The van der Waals surface area contributed by atoms with Crippen molar-refractivity contribution in [1.29, 1.82) is 5.26 Å². The number of hydrogen-bond donors (Lipinski definition) is 3. The van der Waals surface area contributed by atoms with Crippen molar-refractivity contribution >= 4 is 5.69 Å². The highest BCUT2D eigenvalue weighted by atomic mass is 16.3. The van der Waals surface area contributed by atoms with Crippen LogP contribution in [0.4, 0.5) is 5.69 Å². The molecule has 0 spiro atoms. The normalized spacial score (nSPS) is 14.2. The monoisotopic (exact) mass is 220 g/mol. The topological polar surface area (TPSA) is 90.3 Å². The maximum atomic E-state index is 9.93. The van der Waals surface area contributed by atoms with E-state index in [2.05, 4.69) is 0 Å². The molecule has 2 unspecified atom stereocenters. The molecule has 0 fully saturated rings. The second-order valence-electron chi connectivity index (χ2n) is 3.94. The molecule has 1 aromatic rings. The molecule has 0 heterocycles. The Morgan fingerprint density at radius 1 is 1.31 bits per heavy atom. The summed E-state index contributed by atoms with van der Waals surface area (Å²) in [5.74, 6) is 0. The van der Waals surface area contributed by atoms with Crippen molar-refractivity contribution in [2.75, 3.05) is 5.73 Å². The maximum absolute atomic E-state index is 9.93. The van der Waals surface area contributed by atoms with Crippen LogP contribution >= 0.6 is 0 Å². The summed E-state index contributed by atoms with van der Waals surface area (Å²) in [7, 11) is 0. The molecular weight excluding hydrogens is 204 g/mol. The molecule has 0 aliphatic heterocycles. The van der Waals surface area contributed by atoms with Crippen LogP contribution < -0.4 is 5.73 Å². The van der Waals surface area contributed by atoms with Gasteiger partial charge in [0.1, 0.15) is 6.10 Å². The Balaban J connectivity index is 3.09. The van der Waals surface area contributed by atoms with E-state index in [1.165, 1.54) is 0 Å². The first-order valence-electron chi connectivity index (χ1n) is 5.07. The summed E-state index contributed by atoms with van der Waals surface area (Å²) in [6.45, 7) is 3.64. The molecule has 1 rings (SSSR count). The molecule has 4 heteroatoms. The molecule has 2 atom stereocenters. The van der Waals surface area contributed by atoms with Gasteiger partial charge in [0.2, 0.25) is 0 Å². The van der Waals surface area contributed by atoms with Gasteiger partial charge in [-0.25, -0.2) is 0 Å². The molecule has 0 saturated carbocycles. The van der Waals surface area contributed by atoms with E-state index in [1.807, 2.05) is 19.9 Å². The zero-order chi connectivity index (χ0) is 12.3. The number of nitrogens with zero attached hydrogens (tertiary/aromatic N) is 1. The third-order valence-corrected chi connectivity index (χ3v) is 2.58. The first-order chi connectivity index (χ1) is 7.47. The third-order valence-electron chi connectivity index (χ3n) is 2.58. The molecule has 0 amide bonds. The number of hydrogen-bond acceptors (Lipinski definition) is 4. The summed E-state index contributed by atoms with van der Waals surface area (Å²) in [5, 5.41) is 28.0. The van der Waals surface area contributed by atoms with E-state index in [4.69, 9.17) is 11.0 Å². The van der Waals surface area contributed by atoms with Crippen LogP contribution in [0.15, 0.2) is 12.1 Å². The fourth-order valence-electron chi connectivity index (χ4n) is 1.87. The molecule has 0 aromatic heterocycles. The van der Waals surface area contributed by atoms with Gasteiger partial charge >= 0.3 is 0 Å². The summed E-state index contributed by atoms with van der Waals surface area (Å²) in [4.78, 5) is 0. The number of anilines is 1. The van der Waals surface area contributed by atoms with Gasteiger partial charge in [0.15, 0.2) is 0 Å². The van der Waals surface area contributed by atoms with Crippen molar-refractivity contribution in [3.63, 3.8) is 0 Å². The van der Waals surface area contributed by atoms with E-state index >= 15 is 0 Å². The van der Waals surface area contributed by atoms with Gasteiger partial charge in [0, 0.05) is 5.69 Å². The first kappa shape index (κ1) is 12.5. The van der Waals surface area contributed by atoms with Gasteiger partial charge in [-0.2, -0.15) is 5.26 Å². The lowest BCUT2D eigenvalue weighted by Crippen LogP contribution is -2.19. The summed E-state index contributed by atoms with van der Waals surface area (Å²) >= 11 is 0. The maximum Gasteiger partial charge on any atom is 0.106 e. The zero-order valence-electron chi connectivity index (χ0n) is 9.44. The van der Waals surface area contributed by atoms with Crippen molar-refractivity contribution in [1.82, 2.24) is 0 Å². The van der Waals surface area contributed by atoms with Crippen molar-refractivity contribution < 1.29 is 10.2 Å². The molecule has 0 saturated heterocycles. The Morgan fingerprint density at radius 3 is 2.25 bits per heavy atom. The molecule has 0 radical (unpaired) electrons. The van der Waals surface area contributed by atoms with Crippen molar-refractivity contribution in [3.8, 4) is 6.07 Å². The highest BCUT2D eigenvalue weighted by Crippen LogP contribution is 2.27. The Bertz CT molecular complexity index is 401. The zero-order valence-corrected chi connectivity index (χ0v) is 9.44. The standard InChI is InChI=1S/C12H16N2O2/c1-7-5-9(14)6-8(2)11(7)12(16)10(15)3-4-13/h5-6,10,12,15-16H,3,14H2,1-2H3. The lowest BCUT2D eigenvalue weighted by molar-refractivity contribution is 0.0209. The highest BCUT2D eigenvalue weighted by molar-refractivity contribution is 5.49. The van der Waals surface area contributed by atoms with Crippen LogP contribution in [0, 0.1) is 25.2 Å². The predicted molar refractivity (Wildman–Crippen MR) is 61.5 cm³/mol. The van der Waals surface area contributed by atoms with Crippen LogP contribution in [-0.4, -0.2) is 16.3 Å². The van der Waals surface area contributed by atoms with E-state index in [0.717, 1.165) is 11.1 Å². The highest BCUT2D eigenvalue weighted by Gasteiger charge is 2.21. The van der Waals surface area contributed by atoms with Crippen LogP contribution in [0.1, 0.15) is 29.2 Å². The van der Waals surface area contributed by atoms with Crippen molar-refractivity contribution in [3.05, 3.63) is 28.8 Å². The third kappa shape index (κ3) is 2.51. The van der Waals surface area contributed by atoms with Crippen LogP contribution in [-0.2, 0) is 0 Å². The molecule has 16 heavy (non-hydrogen) atoms. The first-order valence-corrected chi connectivity index (χ1v) is 5.07. The number of aliphatic hydroxyl groups is 2. The Morgan fingerprint density at radius 2 is 1.81 bits per heavy atom. The van der Waals surface area contributed by atoms with E-state index in [1.54, 1.807) is 12.1 Å². The number of nitrogen functional groups attached to an aromatic ring is 1. The smallest absolute Gasteiger partial charge is 0.106 e. The fourth-order valence-corrected chi connectivity index (χ4v) is 1.87. The van der Waals surface area contributed by atoms with Crippen LogP contribution in [0.25, 0.3) is 0 Å². The number of aryl methyl sites for hydroxylation is 2. The summed E-state index contributed by atoms with van der Waals surface area (Å²) in [6.07, 6.45) is -2.20. The average molecular weight is 220 g/mol. The molecule has 0 aliphatic carbocycles.